The fourth-order valence-corrected chi connectivity index (χ4v) is 8.18. The second-order valence-corrected chi connectivity index (χ2v) is 14.2. The number of para-hydroxylation sites is 2. The molecule has 2 N–H and O–H groups in total. The van der Waals surface area contributed by atoms with Gasteiger partial charge in [-0.1, -0.05) is 134 Å². The van der Waals surface area contributed by atoms with Crippen LogP contribution in [0.15, 0.2) is 171 Å². The van der Waals surface area contributed by atoms with Crippen molar-refractivity contribution < 1.29 is 8.83 Å². The highest BCUT2D eigenvalue weighted by molar-refractivity contribution is 6.23. The van der Waals surface area contributed by atoms with Gasteiger partial charge in [-0.05, 0) is 64.8 Å². The van der Waals surface area contributed by atoms with Crippen molar-refractivity contribution in [2.75, 3.05) is 0 Å². The van der Waals surface area contributed by atoms with E-state index in [2.05, 4.69) is 115 Å². The van der Waals surface area contributed by atoms with Gasteiger partial charge in [-0.3, -0.25) is 5.41 Å². The molecule has 6 aromatic carbocycles. The van der Waals surface area contributed by atoms with Crippen molar-refractivity contribution in [2.24, 2.45) is 16.3 Å². The highest BCUT2D eigenvalue weighted by atomic mass is 16.3. The number of furan rings is 2. The van der Waals surface area contributed by atoms with Gasteiger partial charge in [0.25, 0.3) is 0 Å². The van der Waals surface area contributed by atoms with E-state index >= 15 is 0 Å². The fraction of sp³-hybridized carbons (Fsp3) is 0.106. The van der Waals surface area contributed by atoms with Gasteiger partial charge in [0.1, 0.15) is 28.2 Å². The topological polar surface area (TPSA) is 74.5 Å². The minimum atomic E-state index is 0.111. The van der Waals surface area contributed by atoms with Crippen LogP contribution in [0.1, 0.15) is 30.9 Å². The van der Waals surface area contributed by atoms with Crippen LogP contribution in [-0.2, 0) is 0 Å². The molecule has 0 saturated carbocycles. The molecule has 0 spiro atoms. The molecule has 8 aromatic rings. The summed E-state index contributed by atoms with van der Waals surface area (Å²) in [7, 11) is 0. The highest BCUT2D eigenvalue weighted by Crippen LogP contribution is 2.44. The molecule has 0 saturated heterocycles. The summed E-state index contributed by atoms with van der Waals surface area (Å²) in [5, 5.41) is 19.5. The average molecular weight is 674 g/mol. The normalized spacial score (nSPS) is 18.8. The molecule has 2 unspecified atom stereocenters. The van der Waals surface area contributed by atoms with E-state index in [0.29, 0.717) is 17.3 Å². The summed E-state index contributed by atoms with van der Waals surface area (Å²) in [5.41, 5.74) is 8.10. The third-order valence-corrected chi connectivity index (χ3v) is 11.0. The van der Waals surface area contributed by atoms with Crippen LogP contribution < -0.4 is 5.32 Å². The molecule has 5 nitrogen and oxygen atoms in total. The van der Waals surface area contributed by atoms with Gasteiger partial charge in [0.15, 0.2) is 5.84 Å². The molecule has 0 fully saturated rings. The Balaban J connectivity index is 1.10. The molecule has 0 radical (unpaired) electrons. The van der Waals surface area contributed by atoms with Crippen LogP contribution in [0.25, 0.3) is 65.8 Å². The largest absolute Gasteiger partial charge is 0.456 e. The lowest BCUT2D eigenvalue weighted by molar-refractivity contribution is 0.286. The summed E-state index contributed by atoms with van der Waals surface area (Å²) < 4.78 is 12.9. The lowest BCUT2D eigenvalue weighted by Gasteiger charge is -2.39. The molecule has 0 bridgehead atoms. The third-order valence-electron chi connectivity index (χ3n) is 11.0. The first-order chi connectivity index (χ1) is 25.5. The maximum absolute atomic E-state index is 9.54. The van der Waals surface area contributed by atoms with Gasteiger partial charge in [0, 0.05) is 43.9 Å². The summed E-state index contributed by atoms with van der Waals surface area (Å²) in [6.07, 6.45) is 13.1. The van der Waals surface area contributed by atoms with Crippen LogP contribution in [0.2, 0.25) is 0 Å². The first-order valence-corrected chi connectivity index (χ1v) is 17.9. The van der Waals surface area contributed by atoms with E-state index in [1.54, 1.807) is 0 Å². The van der Waals surface area contributed by atoms with Gasteiger partial charge in [0.05, 0.1) is 0 Å². The molecule has 2 aromatic heterocycles. The number of fused-ring (bicyclic) bond motifs is 8. The maximum Gasteiger partial charge on any atom is 0.154 e. The summed E-state index contributed by atoms with van der Waals surface area (Å²) in [6, 6.07) is 41.2. The second-order valence-electron chi connectivity index (χ2n) is 14.2. The zero-order chi connectivity index (χ0) is 34.8. The molecule has 52 heavy (non-hydrogen) atoms. The number of rotatable bonds is 4. The minimum Gasteiger partial charge on any atom is -0.456 e. The highest BCUT2D eigenvalue weighted by Gasteiger charge is 2.34. The van der Waals surface area contributed by atoms with Crippen LogP contribution in [0.3, 0.4) is 0 Å². The summed E-state index contributed by atoms with van der Waals surface area (Å²) in [4.78, 5) is 5.09. The number of aliphatic imine (C=N–C) groups is 1. The van der Waals surface area contributed by atoms with Crippen molar-refractivity contribution in [3.8, 4) is 11.1 Å². The number of hydrogen-bond acceptors (Lipinski definition) is 3. The van der Waals surface area contributed by atoms with Crippen molar-refractivity contribution in [3.63, 3.8) is 0 Å². The van der Waals surface area contributed by atoms with Gasteiger partial charge in [-0.2, -0.15) is 0 Å². The van der Waals surface area contributed by atoms with Gasteiger partial charge in [-0.15, -0.1) is 0 Å². The van der Waals surface area contributed by atoms with Crippen LogP contribution in [0, 0.1) is 16.7 Å². The van der Waals surface area contributed by atoms with E-state index in [1.807, 2.05) is 48.5 Å². The Bertz CT molecular complexity index is 2880. The molecule has 0 aliphatic heterocycles. The average Bonchev–Trinajstić information content (AvgIpc) is 3.76. The maximum atomic E-state index is 9.54. The predicted molar refractivity (Wildman–Crippen MR) is 214 cm³/mol. The summed E-state index contributed by atoms with van der Waals surface area (Å²) in [6.45, 7) is 2.33. The molecular formula is C47H35N3O2. The Morgan fingerprint density at radius 3 is 2.40 bits per heavy atom. The van der Waals surface area contributed by atoms with E-state index in [0.717, 1.165) is 89.9 Å². The van der Waals surface area contributed by atoms with E-state index < -0.39 is 0 Å². The molecule has 10 rings (SSSR count). The second kappa shape index (κ2) is 11.8. The molecule has 250 valence electrons. The molecule has 2 heterocycles. The standard InChI is InChI=1S/C47H35N3O2/c1-47-25-7-6-13-32(47)28-33(24-26-47)49-46(31-23-22-29-11-2-3-12-30(29)27-31)50-45(48)38-18-10-21-41-43(38)37-17-8-16-35(44(37)52-41)34-15-9-20-40-42(34)36-14-4-5-19-39(36)51-40/h2-25,27,32H,26,28H2,1H3,(H2,48,49,50). The predicted octanol–water partition coefficient (Wildman–Crippen LogP) is 12.1. The SMILES string of the molecule is CC12C=CC=CC1CC(NC(=NC(=N)c1cccc3oc4c(-c5cccc6oc7ccccc7c56)cccc4c13)c1ccc3ccccc3c1)=CC2. The Morgan fingerprint density at radius 1 is 0.731 bits per heavy atom. The smallest absolute Gasteiger partial charge is 0.154 e. The van der Waals surface area contributed by atoms with Crippen molar-refractivity contribution in [1.29, 1.82) is 5.41 Å². The Labute approximate surface area is 300 Å². The number of hydrogen-bond donors (Lipinski definition) is 2. The van der Waals surface area contributed by atoms with Crippen LogP contribution in [0.4, 0.5) is 0 Å². The number of benzene rings is 6. The molecule has 2 aliphatic carbocycles. The zero-order valence-corrected chi connectivity index (χ0v) is 28.7. The number of nitrogens with zero attached hydrogens (tertiary/aromatic N) is 1. The Hall–Kier alpha value is -6.46. The van der Waals surface area contributed by atoms with Gasteiger partial charge in [-0.25, -0.2) is 4.99 Å². The van der Waals surface area contributed by atoms with Gasteiger partial charge >= 0.3 is 0 Å². The zero-order valence-electron chi connectivity index (χ0n) is 28.7. The van der Waals surface area contributed by atoms with Crippen molar-refractivity contribution in [1.82, 2.24) is 5.32 Å². The molecule has 2 aliphatic rings. The molecule has 0 amide bonds. The molecule has 2 atom stereocenters. The van der Waals surface area contributed by atoms with Crippen LogP contribution in [0.5, 0.6) is 0 Å². The number of allylic oxidation sites excluding steroid dienone is 6. The number of amidine groups is 2. The summed E-state index contributed by atoms with van der Waals surface area (Å²) in [5.74, 6) is 1.22. The van der Waals surface area contributed by atoms with E-state index in [4.69, 9.17) is 13.8 Å². The van der Waals surface area contributed by atoms with Gasteiger partial charge in [0.2, 0.25) is 0 Å². The fourth-order valence-electron chi connectivity index (χ4n) is 8.18. The number of nitrogens with one attached hydrogen (secondary N) is 2. The first kappa shape index (κ1) is 30.4. The Kier molecular flexibility index (Phi) is 6.90. The monoisotopic (exact) mass is 673 g/mol. The molecular weight excluding hydrogens is 639 g/mol. The van der Waals surface area contributed by atoms with Crippen LogP contribution >= 0.6 is 0 Å². The van der Waals surface area contributed by atoms with Crippen molar-refractivity contribution in [3.05, 3.63) is 169 Å². The minimum absolute atomic E-state index is 0.111. The van der Waals surface area contributed by atoms with Crippen molar-refractivity contribution in [2.45, 2.75) is 19.8 Å². The van der Waals surface area contributed by atoms with E-state index in [1.165, 1.54) is 0 Å². The summed E-state index contributed by atoms with van der Waals surface area (Å²) >= 11 is 0. The van der Waals surface area contributed by atoms with Gasteiger partial charge < -0.3 is 14.2 Å². The van der Waals surface area contributed by atoms with Crippen molar-refractivity contribution >= 4 is 66.3 Å². The Morgan fingerprint density at radius 2 is 1.48 bits per heavy atom. The first-order valence-electron chi connectivity index (χ1n) is 17.9. The third kappa shape index (κ3) is 4.92. The van der Waals surface area contributed by atoms with Crippen LogP contribution in [-0.4, -0.2) is 11.7 Å². The lowest BCUT2D eigenvalue weighted by atomic mass is 9.67. The van der Waals surface area contributed by atoms with E-state index in [9.17, 15) is 5.41 Å². The molecule has 5 heteroatoms. The lowest BCUT2D eigenvalue weighted by Crippen LogP contribution is -2.34. The quantitative estimate of drug-likeness (QED) is 0.144. The van der Waals surface area contributed by atoms with E-state index in [-0.39, 0.29) is 11.3 Å².